The minimum absolute atomic E-state index is 0.00352. The molecule has 2 heterocycles. The van der Waals surface area contributed by atoms with E-state index in [-0.39, 0.29) is 34.1 Å². The Labute approximate surface area is 219 Å². The van der Waals surface area contributed by atoms with Crippen molar-refractivity contribution in [1.29, 1.82) is 0 Å². The molecule has 0 spiro atoms. The first-order valence-corrected chi connectivity index (χ1v) is 14.0. The van der Waals surface area contributed by atoms with Crippen LogP contribution in [0, 0.1) is 0 Å². The fourth-order valence-corrected chi connectivity index (χ4v) is 6.53. The molecule has 2 aliphatic rings. The standard InChI is InChI=1S/C23H26Cl3N3O5S/c24-15-10-16(12-17(11-15)28-5-2-19(3-6-28)34-8-7-30)27-23(31)20-13-18(14-21(25)22(20)26)29-4-1-9-35(29,32)33/h10-14,19,30H,1-9H2,(H,27,31). The third-order valence-electron chi connectivity index (χ3n) is 6.04. The lowest BCUT2D eigenvalue weighted by atomic mass is 10.1. The molecule has 0 atom stereocenters. The molecule has 0 bridgehead atoms. The van der Waals surface area contributed by atoms with Gasteiger partial charge >= 0.3 is 0 Å². The second-order valence-corrected chi connectivity index (χ2v) is 11.7. The molecule has 12 heteroatoms. The number of hydrogen-bond acceptors (Lipinski definition) is 6. The highest BCUT2D eigenvalue weighted by molar-refractivity contribution is 7.93. The smallest absolute Gasteiger partial charge is 0.257 e. The highest BCUT2D eigenvalue weighted by Crippen LogP contribution is 2.35. The summed E-state index contributed by atoms with van der Waals surface area (Å²) < 4.78 is 31.5. The Morgan fingerprint density at radius 2 is 1.80 bits per heavy atom. The molecular formula is C23H26Cl3N3O5S. The monoisotopic (exact) mass is 561 g/mol. The summed E-state index contributed by atoms with van der Waals surface area (Å²) in [4.78, 5) is 15.3. The van der Waals surface area contributed by atoms with E-state index in [0.717, 1.165) is 31.6 Å². The molecule has 2 N–H and O–H groups in total. The predicted molar refractivity (Wildman–Crippen MR) is 140 cm³/mol. The fraction of sp³-hybridized carbons (Fsp3) is 0.435. The second kappa shape index (κ2) is 11.1. The van der Waals surface area contributed by atoms with Crippen LogP contribution in [0.4, 0.5) is 17.1 Å². The van der Waals surface area contributed by atoms with Gasteiger partial charge in [-0.25, -0.2) is 8.42 Å². The van der Waals surface area contributed by atoms with Crippen LogP contribution in [0.2, 0.25) is 15.1 Å². The van der Waals surface area contributed by atoms with Crippen LogP contribution in [0.5, 0.6) is 0 Å². The summed E-state index contributed by atoms with van der Waals surface area (Å²) in [6, 6.07) is 8.17. The number of halogens is 3. The third kappa shape index (κ3) is 6.15. The Morgan fingerprint density at radius 1 is 1.06 bits per heavy atom. The van der Waals surface area contributed by atoms with Crippen molar-refractivity contribution in [3.63, 3.8) is 0 Å². The quantitative estimate of drug-likeness (QED) is 0.518. The number of ether oxygens (including phenoxy) is 1. The summed E-state index contributed by atoms with van der Waals surface area (Å²) in [6.45, 7) is 2.15. The maximum absolute atomic E-state index is 13.1. The van der Waals surface area contributed by atoms with Gasteiger partial charge in [0.15, 0.2) is 0 Å². The number of aliphatic hydroxyl groups excluding tert-OH is 1. The summed E-state index contributed by atoms with van der Waals surface area (Å²) in [5.74, 6) is -0.482. The number of aliphatic hydroxyl groups is 1. The average Bonchev–Trinajstić information content (AvgIpc) is 3.18. The second-order valence-electron chi connectivity index (χ2n) is 8.46. The molecule has 0 unspecified atom stereocenters. The first-order chi connectivity index (χ1) is 16.7. The van der Waals surface area contributed by atoms with E-state index >= 15 is 0 Å². The molecule has 0 aromatic heterocycles. The maximum Gasteiger partial charge on any atom is 0.257 e. The zero-order valence-electron chi connectivity index (χ0n) is 18.8. The minimum atomic E-state index is -3.45. The highest BCUT2D eigenvalue weighted by atomic mass is 35.5. The van der Waals surface area contributed by atoms with Gasteiger partial charge in [-0.2, -0.15) is 0 Å². The van der Waals surface area contributed by atoms with Gasteiger partial charge in [-0.05, 0) is 49.6 Å². The molecular weight excluding hydrogens is 537 g/mol. The molecule has 2 aliphatic heterocycles. The summed E-state index contributed by atoms with van der Waals surface area (Å²) in [7, 11) is -3.45. The maximum atomic E-state index is 13.1. The van der Waals surface area contributed by atoms with Gasteiger partial charge in [0.2, 0.25) is 10.0 Å². The first kappa shape index (κ1) is 26.3. The Kier molecular flexibility index (Phi) is 8.35. The van der Waals surface area contributed by atoms with Crippen molar-refractivity contribution >= 4 is 67.8 Å². The zero-order chi connectivity index (χ0) is 25.2. The van der Waals surface area contributed by atoms with Crippen LogP contribution in [0.15, 0.2) is 30.3 Å². The Morgan fingerprint density at radius 3 is 2.46 bits per heavy atom. The lowest BCUT2D eigenvalue weighted by molar-refractivity contribution is 0.0159. The number of nitrogens with zero attached hydrogens (tertiary/aromatic N) is 2. The van der Waals surface area contributed by atoms with E-state index in [2.05, 4.69) is 10.2 Å². The molecule has 8 nitrogen and oxygen atoms in total. The molecule has 2 aromatic carbocycles. The number of benzene rings is 2. The van der Waals surface area contributed by atoms with Crippen molar-refractivity contribution in [2.24, 2.45) is 0 Å². The first-order valence-electron chi connectivity index (χ1n) is 11.3. The van der Waals surface area contributed by atoms with Crippen molar-refractivity contribution in [3.8, 4) is 0 Å². The van der Waals surface area contributed by atoms with E-state index in [9.17, 15) is 13.2 Å². The SMILES string of the molecule is O=C(Nc1cc(Cl)cc(N2CCC(OCCO)CC2)c1)c1cc(N2CCCS2(=O)=O)cc(Cl)c1Cl. The van der Waals surface area contributed by atoms with Crippen LogP contribution in [-0.2, 0) is 14.8 Å². The largest absolute Gasteiger partial charge is 0.394 e. The molecule has 0 saturated carbocycles. The van der Waals surface area contributed by atoms with Gasteiger partial charge < -0.3 is 20.1 Å². The molecule has 2 saturated heterocycles. The lowest BCUT2D eigenvalue weighted by Gasteiger charge is -2.33. The predicted octanol–water partition coefficient (Wildman–Crippen LogP) is 4.42. The molecule has 35 heavy (non-hydrogen) atoms. The van der Waals surface area contributed by atoms with E-state index in [0.29, 0.717) is 36.0 Å². The number of carbonyl (C=O) groups is 1. The van der Waals surface area contributed by atoms with Gasteiger partial charge in [0.1, 0.15) is 0 Å². The van der Waals surface area contributed by atoms with Gasteiger partial charge in [-0.15, -0.1) is 0 Å². The summed E-state index contributed by atoms with van der Waals surface area (Å²) in [5.41, 5.74) is 1.71. The zero-order valence-corrected chi connectivity index (χ0v) is 21.9. The number of hydrogen-bond donors (Lipinski definition) is 2. The van der Waals surface area contributed by atoms with Crippen LogP contribution in [0.3, 0.4) is 0 Å². The Bertz CT molecular complexity index is 1200. The topological polar surface area (TPSA) is 99.2 Å². The summed E-state index contributed by atoms with van der Waals surface area (Å²) >= 11 is 18.9. The fourth-order valence-electron chi connectivity index (χ4n) is 4.34. The third-order valence-corrected chi connectivity index (χ3v) is 8.93. The number of nitrogens with one attached hydrogen (secondary N) is 1. The summed E-state index contributed by atoms with van der Waals surface area (Å²) in [5, 5.41) is 12.3. The van der Waals surface area contributed by atoms with Crippen LogP contribution in [0.25, 0.3) is 0 Å². The summed E-state index contributed by atoms with van der Waals surface area (Å²) in [6.07, 6.45) is 2.24. The average molecular weight is 563 g/mol. The normalized spacial score (nSPS) is 18.2. The lowest BCUT2D eigenvalue weighted by Crippen LogP contribution is -2.37. The Hall–Kier alpha value is -1.75. The van der Waals surface area contributed by atoms with Crippen molar-refractivity contribution in [2.75, 3.05) is 53.1 Å². The number of anilines is 3. The molecule has 1 amide bonds. The molecule has 190 valence electrons. The van der Waals surface area contributed by atoms with Gasteiger partial charge in [0.05, 0.1) is 46.4 Å². The van der Waals surface area contributed by atoms with Crippen LogP contribution in [-0.4, -0.2) is 64.1 Å². The highest BCUT2D eigenvalue weighted by Gasteiger charge is 2.30. The van der Waals surface area contributed by atoms with E-state index in [4.69, 9.17) is 44.6 Å². The van der Waals surface area contributed by atoms with Gasteiger partial charge in [-0.1, -0.05) is 34.8 Å². The van der Waals surface area contributed by atoms with Crippen molar-refractivity contribution in [1.82, 2.24) is 0 Å². The van der Waals surface area contributed by atoms with Crippen LogP contribution in [0.1, 0.15) is 29.6 Å². The minimum Gasteiger partial charge on any atom is -0.394 e. The van der Waals surface area contributed by atoms with Crippen molar-refractivity contribution in [2.45, 2.75) is 25.4 Å². The number of amides is 1. The van der Waals surface area contributed by atoms with E-state index < -0.39 is 15.9 Å². The number of carbonyl (C=O) groups excluding carboxylic acids is 1. The number of rotatable bonds is 7. The van der Waals surface area contributed by atoms with E-state index in [1.54, 1.807) is 6.07 Å². The van der Waals surface area contributed by atoms with Crippen molar-refractivity contribution in [3.05, 3.63) is 51.0 Å². The number of sulfonamides is 1. The van der Waals surface area contributed by atoms with Crippen LogP contribution < -0.4 is 14.5 Å². The van der Waals surface area contributed by atoms with Gasteiger partial charge in [0.25, 0.3) is 5.91 Å². The Balaban J connectivity index is 1.52. The molecule has 2 fully saturated rings. The van der Waals surface area contributed by atoms with Gasteiger partial charge in [0, 0.05) is 36.0 Å². The van der Waals surface area contributed by atoms with E-state index in [1.165, 1.54) is 16.4 Å². The molecule has 0 radical (unpaired) electrons. The van der Waals surface area contributed by atoms with E-state index in [1.807, 2.05) is 12.1 Å². The van der Waals surface area contributed by atoms with Crippen LogP contribution >= 0.6 is 34.8 Å². The van der Waals surface area contributed by atoms with Gasteiger partial charge in [-0.3, -0.25) is 9.10 Å². The van der Waals surface area contributed by atoms with Crippen molar-refractivity contribution < 1.29 is 23.1 Å². The molecule has 2 aromatic rings. The molecule has 4 rings (SSSR count). The molecule has 0 aliphatic carbocycles. The number of piperidine rings is 1.